The van der Waals surface area contributed by atoms with Crippen molar-refractivity contribution in [2.75, 3.05) is 0 Å². The van der Waals surface area contributed by atoms with Crippen LogP contribution in [-0.4, -0.2) is 11.0 Å². The molecule has 0 N–H and O–H groups in total. The molecule has 0 aromatic heterocycles. The lowest BCUT2D eigenvalue weighted by atomic mass is 10.00. The molecular weight excluding hydrogens is 218 g/mol. The molecule has 0 aliphatic carbocycles. The molecule has 2 rings (SSSR count). The highest BCUT2D eigenvalue weighted by molar-refractivity contribution is 8.00. The lowest BCUT2D eigenvalue weighted by Crippen LogP contribution is -2.23. The van der Waals surface area contributed by atoms with Crippen LogP contribution < -0.4 is 0 Å². The third-order valence-electron chi connectivity index (χ3n) is 2.55. The number of halogens is 2. The monoisotopic (exact) mass is 228 g/mol. The van der Waals surface area contributed by atoms with E-state index in [-0.39, 0.29) is 16.6 Å². The third kappa shape index (κ3) is 1.67. The van der Waals surface area contributed by atoms with Crippen LogP contribution in [-0.2, 0) is 5.75 Å². The Morgan fingerprint density at radius 1 is 1.47 bits per heavy atom. The number of fused-ring (bicyclic) bond motifs is 1. The molecule has 1 nitrogen and oxygen atoms in total. The van der Waals surface area contributed by atoms with Gasteiger partial charge in [0.25, 0.3) is 0 Å². The number of thioether (sulfide) groups is 1. The Morgan fingerprint density at radius 2 is 2.20 bits per heavy atom. The van der Waals surface area contributed by atoms with Crippen molar-refractivity contribution in [3.63, 3.8) is 0 Å². The van der Waals surface area contributed by atoms with Crippen molar-refractivity contribution in [3.8, 4) is 0 Å². The van der Waals surface area contributed by atoms with Gasteiger partial charge in [0.15, 0.2) is 17.4 Å². The minimum absolute atomic E-state index is 0.0809. The molecule has 1 heterocycles. The van der Waals surface area contributed by atoms with Crippen LogP contribution in [0.4, 0.5) is 8.78 Å². The number of carbonyl (C=O) groups is 1. The highest BCUT2D eigenvalue weighted by atomic mass is 32.2. The van der Waals surface area contributed by atoms with E-state index >= 15 is 0 Å². The average molecular weight is 228 g/mol. The summed E-state index contributed by atoms with van der Waals surface area (Å²) in [5.74, 6) is -1.45. The van der Waals surface area contributed by atoms with Gasteiger partial charge < -0.3 is 0 Å². The molecule has 0 amide bonds. The number of hydrogen-bond acceptors (Lipinski definition) is 2. The van der Waals surface area contributed by atoms with E-state index < -0.39 is 11.6 Å². The number of benzene rings is 1. The summed E-state index contributed by atoms with van der Waals surface area (Å²) in [7, 11) is 0. The fourth-order valence-electron chi connectivity index (χ4n) is 1.70. The predicted octanol–water partition coefficient (Wildman–Crippen LogP) is 3.17. The smallest absolute Gasteiger partial charge is 0.176 e. The normalized spacial score (nSPS) is 20.2. The Bertz CT molecular complexity index is 417. The van der Waals surface area contributed by atoms with E-state index in [4.69, 9.17) is 0 Å². The minimum Gasteiger partial charge on any atom is -0.293 e. The Hall–Kier alpha value is -0.900. The standard InChI is InChI=1S/C11H10F2OS/c1-2-9-11(14)6-3-4-8(12)10(13)7(6)5-15-9/h3-4,9H,2,5H2,1H3. The van der Waals surface area contributed by atoms with E-state index in [1.165, 1.54) is 17.8 Å². The lowest BCUT2D eigenvalue weighted by Gasteiger charge is -2.22. The molecule has 0 spiro atoms. The summed E-state index contributed by atoms with van der Waals surface area (Å²) in [5.41, 5.74) is 0.564. The van der Waals surface area contributed by atoms with Gasteiger partial charge in [-0.3, -0.25) is 4.79 Å². The topological polar surface area (TPSA) is 17.1 Å². The fraction of sp³-hybridized carbons (Fsp3) is 0.364. The van der Waals surface area contributed by atoms with Crippen molar-refractivity contribution in [2.45, 2.75) is 24.3 Å². The van der Waals surface area contributed by atoms with Crippen LogP contribution in [0.15, 0.2) is 12.1 Å². The molecule has 80 valence electrons. The largest absolute Gasteiger partial charge is 0.293 e. The summed E-state index contributed by atoms with van der Waals surface area (Å²) in [5, 5.41) is -0.109. The van der Waals surface area contributed by atoms with Crippen LogP contribution in [0.25, 0.3) is 0 Å². The second-order valence-electron chi connectivity index (χ2n) is 3.46. The van der Waals surface area contributed by atoms with E-state index in [0.717, 1.165) is 12.5 Å². The van der Waals surface area contributed by atoms with Crippen molar-refractivity contribution in [3.05, 3.63) is 34.9 Å². The SMILES string of the molecule is CCC1SCc2c(ccc(F)c2F)C1=O. The minimum atomic E-state index is -0.878. The van der Waals surface area contributed by atoms with Gasteiger partial charge in [-0.2, -0.15) is 0 Å². The number of ketones is 1. The van der Waals surface area contributed by atoms with Gasteiger partial charge in [0, 0.05) is 16.9 Å². The molecule has 0 bridgehead atoms. The summed E-state index contributed by atoms with van der Waals surface area (Å²) in [6.07, 6.45) is 0.724. The number of carbonyl (C=O) groups excluding carboxylic acids is 1. The van der Waals surface area contributed by atoms with Crippen molar-refractivity contribution >= 4 is 17.5 Å². The van der Waals surface area contributed by atoms with Gasteiger partial charge in [0.2, 0.25) is 0 Å². The zero-order valence-corrected chi connectivity index (χ0v) is 9.04. The molecule has 4 heteroatoms. The van der Waals surface area contributed by atoms with E-state index in [9.17, 15) is 13.6 Å². The molecule has 1 aromatic carbocycles. The summed E-state index contributed by atoms with van der Waals surface area (Å²) in [4.78, 5) is 11.8. The first-order chi connectivity index (χ1) is 7.15. The molecular formula is C11H10F2OS. The number of Topliss-reactive ketones (excluding diaryl/α,β-unsaturated/α-hetero) is 1. The quantitative estimate of drug-likeness (QED) is 0.734. The first kappa shape index (κ1) is 10.6. The molecule has 15 heavy (non-hydrogen) atoms. The summed E-state index contributed by atoms with van der Waals surface area (Å²) in [6.45, 7) is 1.92. The first-order valence-electron chi connectivity index (χ1n) is 4.77. The fourth-order valence-corrected chi connectivity index (χ4v) is 2.87. The lowest BCUT2D eigenvalue weighted by molar-refractivity contribution is 0.0985. The second-order valence-corrected chi connectivity index (χ2v) is 4.65. The van der Waals surface area contributed by atoms with Gasteiger partial charge in [-0.1, -0.05) is 6.92 Å². The zero-order chi connectivity index (χ0) is 11.0. The molecule has 0 fully saturated rings. The molecule has 1 atom stereocenters. The zero-order valence-electron chi connectivity index (χ0n) is 8.22. The molecule has 1 aliphatic heterocycles. The molecule has 0 radical (unpaired) electrons. The maximum absolute atomic E-state index is 13.3. The van der Waals surface area contributed by atoms with Crippen molar-refractivity contribution in [2.24, 2.45) is 0 Å². The first-order valence-corrected chi connectivity index (χ1v) is 5.82. The van der Waals surface area contributed by atoms with Crippen LogP contribution in [0, 0.1) is 11.6 Å². The summed E-state index contributed by atoms with van der Waals surface area (Å²) in [6, 6.07) is 2.41. The molecule has 0 saturated heterocycles. The average Bonchev–Trinajstić information content (AvgIpc) is 2.24. The van der Waals surface area contributed by atoms with Crippen molar-refractivity contribution in [1.29, 1.82) is 0 Å². The van der Waals surface area contributed by atoms with Crippen LogP contribution in [0.5, 0.6) is 0 Å². The molecule has 1 aromatic rings. The van der Waals surface area contributed by atoms with E-state index in [0.29, 0.717) is 11.3 Å². The van der Waals surface area contributed by atoms with Crippen molar-refractivity contribution < 1.29 is 13.6 Å². The van der Waals surface area contributed by atoms with E-state index in [1.807, 2.05) is 6.92 Å². The Kier molecular flexibility index (Phi) is 2.78. The van der Waals surface area contributed by atoms with Crippen LogP contribution in [0.3, 0.4) is 0 Å². The second kappa shape index (κ2) is 3.93. The highest BCUT2D eigenvalue weighted by Gasteiger charge is 2.29. The van der Waals surface area contributed by atoms with E-state index in [2.05, 4.69) is 0 Å². The maximum atomic E-state index is 13.3. The molecule has 0 saturated carbocycles. The van der Waals surface area contributed by atoms with Gasteiger partial charge in [-0.25, -0.2) is 8.78 Å². The third-order valence-corrected chi connectivity index (χ3v) is 3.96. The summed E-state index contributed by atoms with van der Waals surface area (Å²) < 4.78 is 26.3. The van der Waals surface area contributed by atoms with Crippen LogP contribution in [0.1, 0.15) is 29.3 Å². The van der Waals surface area contributed by atoms with E-state index in [1.54, 1.807) is 0 Å². The van der Waals surface area contributed by atoms with Crippen LogP contribution in [0.2, 0.25) is 0 Å². The molecule has 1 unspecified atom stereocenters. The van der Waals surface area contributed by atoms with Crippen molar-refractivity contribution in [1.82, 2.24) is 0 Å². The number of hydrogen-bond donors (Lipinski definition) is 0. The summed E-state index contributed by atoms with van der Waals surface area (Å²) >= 11 is 1.38. The number of rotatable bonds is 1. The maximum Gasteiger partial charge on any atom is 0.176 e. The van der Waals surface area contributed by atoms with Gasteiger partial charge in [0.1, 0.15) is 0 Å². The Labute approximate surface area is 90.9 Å². The van der Waals surface area contributed by atoms with Crippen LogP contribution >= 0.6 is 11.8 Å². The van der Waals surface area contributed by atoms with Gasteiger partial charge in [-0.05, 0) is 18.6 Å². The molecule has 1 aliphatic rings. The van der Waals surface area contributed by atoms with Gasteiger partial charge in [-0.15, -0.1) is 11.8 Å². The van der Waals surface area contributed by atoms with Gasteiger partial charge >= 0.3 is 0 Å². The predicted molar refractivity (Wildman–Crippen MR) is 56.1 cm³/mol. The highest BCUT2D eigenvalue weighted by Crippen LogP contribution is 2.33. The Morgan fingerprint density at radius 3 is 2.87 bits per heavy atom. The van der Waals surface area contributed by atoms with Gasteiger partial charge in [0.05, 0.1) is 5.25 Å². The Balaban J connectivity index is 2.50.